The fraction of sp³-hybridized carbons (Fsp3) is 0.333. The number of amides is 2. The van der Waals surface area contributed by atoms with Gasteiger partial charge in [-0.05, 0) is 38.1 Å². The van der Waals surface area contributed by atoms with E-state index in [1.54, 1.807) is 38.1 Å². The van der Waals surface area contributed by atoms with Gasteiger partial charge >= 0.3 is 18.0 Å². The highest BCUT2D eigenvalue weighted by Gasteiger charge is 2.36. The molecular weight excluding hydrogens is 460 g/mol. The van der Waals surface area contributed by atoms with Crippen molar-refractivity contribution in [3.63, 3.8) is 0 Å². The summed E-state index contributed by atoms with van der Waals surface area (Å²) in [6.45, 7) is 3.11. The van der Waals surface area contributed by atoms with Crippen molar-refractivity contribution < 1.29 is 33.1 Å². The summed E-state index contributed by atoms with van der Waals surface area (Å²) in [5.74, 6) is -0.636. The summed E-state index contributed by atoms with van der Waals surface area (Å²) in [5.41, 5.74) is 0.147. The number of carbonyl (C=O) groups excluding carboxylic acids is 4. The van der Waals surface area contributed by atoms with Crippen molar-refractivity contribution in [1.82, 2.24) is 10.6 Å². The minimum atomic E-state index is -0.907. The van der Waals surface area contributed by atoms with Crippen LogP contribution >= 0.6 is 22.9 Å². The van der Waals surface area contributed by atoms with Crippen LogP contribution in [0.25, 0.3) is 0 Å². The molecule has 9 nitrogen and oxygen atoms in total. The Balaban J connectivity index is 1.71. The van der Waals surface area contributed by atoms with E-state index in [0.29, 0.717) is 20.7 Å². The lowest BCUT2D eigenvalue weighted by Crippen LogP contribution is -2.47. The highest BCUT2D eigenvalue weighted by Crippen LogP contribution is 2.29. The molecule has 11 heteroatoms. The van der Waals surface area contributed by atoms with Crippen LogP contribution in [0.15, 0.2) is 40.0 Å². The van der Waals surface area contributed by atoms with E-state index in [2.05, 4.69) is 10.6 Å². The molecule has 0 saturated heterocycles. The molecule has 1 aliphatic heterocycles. The summed E-state index contributed by atoms with van der Waals surface area (Å²) >= 11 is 6.95. The average Bonchev–Trinajstić information content (AvgIpc) is 3.38. The molecule has 0 radical (unpaired) electrons. The summed E-state index contributed by atoms with van der Waals surface area (Å²) in [6.07, 6.45) is -0.217. The zero-order valence-electron chi connectivity index (χ0n) is 17.4. The molecule has 1 atom stereocenters. The fourth-order valence-corrected chi connectivity index (χ4v) is 4.04. The topological polar surface area (TPSA) is 124 Å². The van der Waals surface area contributed by atoms with Gasteiger partial charge in [0.1, 0.15) is 24.2 Å². The van der Waals surface area contributed by atoms with Crippen LogP contribution in [0.2, 0.25) is 4.34 Å². The minimum Gasteiger partial charge on any atom is -0.464 e. The van der Waals surface area contributed by atoms with Crippen LogP contribution in [0.3, 0.4) is 0 Å². The van der Waals surface area contributed by atoms with Crippen molar-refractivity contribution in [2.24, 2.45) is 0 Å². The van der Waals surface area contributed by atoms with E-state index in [9.17, 15) is 19.2 Å². The number of carbonyl (C=O) groups is 4. The number of ketones is 1. The van der Waals surface area contributed by atoms with Crippen molar-refractivity contribution in [3.8, 4) is 0 Å². The van der Waals surface area contributed by atoms with Gasteiger partial charge in [-0.2, -0.15) is 0 Å². The molecule has 3 rings (SSSR count). The standard InChI is InChI=1S/C21H21ClN2O7S/c1-3-29-20(27)18-12(23-21(28)24-19(18)14-6-4-11(2)31-14)10-30-17(26)9-5-13(25)15-7-8-16(22)32-15/h4,6-8,19H,3,5,9-10H2,1-2H3,(H2,23,24,28)/t19-/m1/s1. The molecule has 2 aromatic rings. The van der Waals surface area contributed by atoms with Crippen LogP contribution < -0.4 is 10.6 Å². The molecule has 2 aromatic heterocycles. The number of esters is 2. The zero-order valence-corrected chi connectivity index (χ0v) is 18.9. The van der Waals surface area contributed by atoms with E-state index in [-0.39, 0.29) is 43.1 Å². The predicted molar refractivity (Wildman–Crippen MR) is 115 cm³/mol. The molecule has 1 aliphatic rings. The normalized spacial score (nSPS) is 15.7. The number of furan rings is 1. The smallest absolute Gasteiger partial charge is 0.338 e. The second-order valence-electron chi connectivity index (χ2n) is 6.78. The van der Waals surface area contributed by atoms with E-state index >= 15 is 0 Å². The molecule has 32 heavy (non-hydrogen) atoms. The predicted octanol–water partition coefficient (Wildman–Crippen LogP) is 3.68. The van der Waals surface area contributed by atoms with Crippen LogP contribution in [0.1, 0.15) is 47.0 Å². The van der Waals surface area contributed by atoms with Crippen LogP contribution in [-0.4, -0.2) is 37.0 Å². The Hall–Kier alpha value is -3.11. The monoisotopic (exact) mass is 480 g/mol. The fourth-order valence-electron chi connectivity index (χ4n) is 3.03. The van der Waals surface area contributed by atoms with Crippen molar-refractivity contribution >= 4 is 46.7 Å². The number of urea groups is 1. The van der Waals surface area contributed by atoms with E-state index < -0.39 is 24.0 Å². The molecule has 2 N–H and O–H groups in total. The third-order valence-corrected chi connectivity index (χ3v) is 5.75. The second kappa shape index (κ2) is 10.5. The SMILES string of the molecule is CCOC(=O)C1=C(COC(=O)CCC(=O)c2ccc(Cl)s2)NC(=O)N[C@@H]1c1ccc(C)o1. The summed E-state index contributed by atoms with van der Waals surface area (Å²) < 4.78 is 16.4. The molecule has 0 aromatic carbocycles. The number of ether oxygens (including phenoxy) is 2. The zero-order chi connectivity index (χ0) is 23.3. The van der Waals surface area contributed by atoms with Gasteiger partial charge in [-0.3, -0.25) is 9.59 Å². The van der Waals surface area contributed by atoms with Crippen LogP contribution in [-0.2, 0) is 19.1 Å². The molecule has 0 spiro atoms. The van der Waals surface area contributed by atoms with Gasteiger partial charge in [-0.25, -0.2) is 9.59 Å². The first-order chi connectivity index (χ1) is 15.3. The third kappa shape index (κ3) is 5.77. The van der Waals surface area contributed by atoms with Gasteiger partial charge in [0.2, 0.25) is 0 Å². The number of nitrogens with one attached hydrogen (secondary N) is 2. The van der Waals surface area contributed by atoms with Gasteiger partial charge in [-0.1, -0.05) is 11.6 Å². The van der Waals surface area contributed by atoms with Crippen molar-refractivity contribution in [3.05, 3.63) is 56.3 Å². The first-order valence-electron chi connectivity index (χ1n) is 9.76. The Kier molecular flexibility index (Phi) is 7.70. The van der Waals surface area contributed by atoms with Gasteiger partial charge in [0.05, 0.1) is 33.5 Å². The van der Waals surface area contributed by atoms with Gasteiger partial charge in [0, 0.05) is 6.42 Å². The number of thiophene rings is 1. The largest absolute Gasteiger partial charge is 0.464 e. The van der Waals surface area contributed by atoms with Crippen LogP contribution in [0.5, 0.6) is 0 Å². The Morgan fingerprint density at radius 2 is 1.94 bits per heavy atom. The van der Waals surface area contributed by atoms with Crippen molar-refractivity contribution in [2.75, 3.05) is 13.2 Å². The van der Waals surface area contributed by atoms with Gasteiger partial charge in [0.15, 0.2) is 5.78 Å². The Bertz CT molecular complexity index is 1070. The summed E-state index contributed by atoms with van der Waals surface area (Å²) in [4.78, 5) is 49.5. The maximum absolute atomic E-state index is 12.6. The Morgan fingerprint density at radius 3 is 2.56 bits per heavy atom. The molecule has 170 valence electrons. The summed E-state index contributed by atoms with van der Waals surface area (Å²) in [6, 6.07) is 5.04. The number of hydrogen-bond acceptors (Lipinski definition) is 8. The lowest BCUT2D eigenvalue weighted by Gasteiger charge is -2.27. The molecule has 0 saturated carbocycles. The molecule has 0 unspecified atom stereocenters. The van der Waals surface area contributed by atoms with Crippen LogP contribution in [0.4, 0.5) is 4.79 Å². The minimum absolute atomic E-state index is 0.0539. The number of rotatable bonds is 9. The average molecular weight is 481 g/mol. The highest BCUT2D eigenvalue weighted by atomic mass is 35.5. The number of hydrogen-bond donors (Lipinski definition) is 2. The maximum atomic E-state index is 12.6. The Labute approximate surface area is 192 Å². The maximum Gasteiger partial charge on any atom is 0.338 e. The number of halogens is 1. The van der Waals surface area contributed by atoms with E-state index in [1.165, 1.54) is 0 Å². The number of aryl methyl sites for hydroxylation is 1. The molecule has 0 fully saturated rings. The first kappa shape index (κ1) is 23.6. The first-order valence-corrected chi connectivity index (χ1v) is 11.0. The van der Waals surface area contributed by atoms with Crippen LogP contribution in [0, 0.1) is 6.92 Å². The molecule has 0 aliphatic carbocycles. The number of Topliss-reactive ketones (excluding diaryl/α,β-unsaturated/α-hetero) is 1. The lowest BCUT2D eigenvalue weighted by molar-refractivity contribution is -0.143. The highest BCUT2D eigenvalue weighted by molar-refractivity contribution is 7.18. The van der Waals surface area contributed by atoms with Crippen molar-refractivity contribution in [2.45, 2.75) is 32.7 Å². The third-order valence-electron chi connectivity index (χ3n) is 4.48. The summed E-state index contributed by atoms with van der Waals surface area (Å²) in [7, 11) is 0. The molecular formula is C21H21ClN2O7S. The van der Waals surface area contributed by atoms with Gasteiger partial charge < -0.3 is 24.5 Å². The van der Waals surface area contributed by atoms with Gasteiger partial charge in [0.25, 0.3) is 0 Å². The lowest BCUT2D eigenvalue weighted by atomic mass is 10.0. The molecule has 0 bridgehead atoms. The molecule has 2 amide bonds. The summed E-state index contributed by atoms with van der Waals surface area (Å²) in [5, 5.41) is 5.11. The van der Waals surface area contributed by atoms with E-state index in [0.717, 1.165) is 11.3 Å². The second-order valence-corrected chi connectivity index (χ2v) is 8.50. The van der Waals surface area contributed by atoms with E-state index in [1.807, 2.05) is 0 Å². The molecule has 3 heterocycles. The van der Waals surface area contributed by atoms with Crippen molar-refractivity contribution in [1.29, 1.82) is 0 Å². The van der Waals surface area contributed by atoms with E-state index in [4.69, 9.17) is 25.5 Å². The Morgan fingerprint density at radius 1 is 1.16 bits per heavy atom. The van der Waals surface area contributed by atoms with Gasteiger partial charge in [-0.15, -0.1) is 11.3 Å². The quantitative estimate of drug-likeness (QED) is 0.414.